The number of nitrogens with zero attached hydrogens (tertiary/aromatic N) is 1. The van der Waals surface area contributed by atoms with Crippen LogP contribution in [0.1, 0.15) is 42.7 Å². The molecule has 2 fully saturated rings. The number of aliphatic carboxylic acids is 1. The van der Waals surface area contributed by atoms with Gasteiger partial charge in [-0.1, -0.05) is 48.5 Å². The quantitative estimate of drug-likeness (QED) is 0.674. The molecule has 1 saturated carbocycles. The number of ether oxygens (including phenoxy) is 1. The maximum Gasteiger partial charge on any atom is 0.407 e. The fourth-order valence-electron chi connectivity index (χ4n) is 5.39. The highest BCUT2D eigenvalue weighted by atomic mass is 16.5. The zero-order valence-electron chi connectivity index (χ0n) is 18.4. The summed E-state index contributed by atoms with van der Waals surface area (Å²) >= 11 is 0. The molecule has 0 bridgehead atoms. The Morgan fingerprint density at radius 3 is 2.36 bits per heavy atom. The van der Waals surface area contributed by atoms with Gasteiger partial charge in [0, 0.05) is 31.0 Å². The van der Waals surface area contributed by atoms with Crippen molar-refractivity contribution in [3.05, 3.63) is 59.7 Å². The molecule has 33 heavy (non-hydrogen) atoms. The van der Waals surface area contributed by atoms with Crippen molar-refractivity contribution in [1.82, 2.24) is 10.2 Å². The highest BCUT2D eigenvalue weighted by Gasteiger charge is 2.47. The highest BCUT2D eigenvalue weighted by molar-refractivity contribution is 5.83. The van der Waals surface area contributed by atoms with Crippen LogP contribution in [0.3, 0.4) is 0 Å². The molecule has 2 aromatic rings. The monoisotopic (exact) mass is 448 g/mol. The van der Waals surface area contributed by atoms with Crippen molar-refractivity contribution in [2.45, 2.75) is 37.6 Å². The van der Waals surface area contributed by atoms with E-state index in [9.17, 15) is 14.4 Å². The highest BCUT2D eigenvalue weighted by Crippen LogP contribution is 2.44. The number of carboxylic acid groups (broad SMARTS) is 1. The molecule has 5 rings (SSSR count). The third kappa shape index (κ3) is 4.32. The minimum Gasteiger partial charge on any atom is -0.481 e. The van der Waals surface area contributed by atoms with Crippen LogP contribution < -0.4 is 5.32 Å². The number of hydrogen-bond acceptors (Lipinski definition) is 4. The maximum absolute atomic E-state index is 12.8. The summed E-state index contributed by atoms with van der Waals surface area (Å²) in [6.07, 6.45) is 1.84. The van der Waals surface area contributed by atoms with E-state index < -0.39 is 12.1 Å². The van der Waals surface area contributed by atoms with E-state index in [0.717, 1.165) is 19.3 Å². The lowest BCUT2D eigenvalue weighted by molar-refractivity contribution is -0.140. The molecule has 2 amide bonds. The van der Waals surface area contributed by atoms with Gasteiger partial charge in [-0.05, 0) is 47.4 Å². The molecule has 3 atom stereocenters. The van der Waals surface area contributed by atoms with Gasteiger partial charge >= 0.3 is 12.1 Å². The van der Waals surface area contributed by atoms with Crippen LogP contribution in [-0.4, -0.2) is 53.7 Å². The van der Waals surface area contributed by atoms with Crippen LogP contribution in [0.5, 0.6) is 0 Å². The van der Waals surface area contributed by atoms with Crippen LogP contribution in [0, 0.1) is 11.8 Å². The first-order valence-electron chi connectivity index (χ1n) is 11.6. The Morgan fingerprint density at radius 2 is 1.70 bits per heavy atom. The number of carboxylic acids is 1. The van der Waals surface area contributed by atoms with Crippen LogP contribution in [0.25, 0.3) is 11.1 Å². The largest absolute Gasteiger partial charge is 0.481 e. The van der Waals surface area contributed by atoms with Gasteiger partial charge in [-0.2, -0.15) is 0 Å². The van der Waals surface area contributed by atoms with Crippen molar-refractivity contribution < 1.29 is 24.2 Å². The Bertz CT molecular complexity index is 1040. The van der Waals surface area contributed by atoms with Gasteiger partial charge in [-0.15, -0.1) is 0 Å². The van der Waals surface area contributed by atoms with E-state index >= 15 is 0 Å². The number of carbonyl (C=O) groups excluding carboxylic acids is 2. The van der Waals surface area contributed by atoms with Crippen LogP contribution in [0.15, 0.2) is 48.5 Å². The van der Waals surface area contributed by atoms with Crippen molar-refractivity contribution in [3.8, 4) is 11.1 Å². The maximum atomic E-state index is 12.8. The Kier molecular flexibility index (Phi) is 5.79. The second-order valence-corrected chi connectivity index (χ2v) is 9.23. The fraction of sp³-hybridized carbons (Fsp3) is 0.423. The smallest absolute Gasteiger partial charge is 0.407 e. The summed E-state index contributed by atoms with van der Waals surface area (Å²) in [5.41, 5.74) is 4.70. The van der Waals surface area contributed by atoms with Crippen LogP contribution >= 0.6 is 0 Å². The lowest BCUT2D eigenvalue weighted by Crippen LogP contribution is -2.38. The number of benzene rings is 2. The summed E-state index contributed by atoms with van der Waals surface area (Å²) in [6.45, 7) is 1.28. The first kappa shape index (κ1) is 21.5. The standard InChI is InChI=1S/C26H28N2O5/c29-24(30)13-17-6-5-11-28(17)25(31)22-12-16(22)14-27-26(32)33-15-23-20-9-3-1-7-18(20)19-8-2-4-10-21(19)23/h1-4,7-10,16-17,22-23H,5-6,11-15H2,(H,27,32)(H,29,30)/t16?,17-,22?/m1/s1. The number of likely N-dealkylation sites (tertiary alicyclic amines) is 1. The number of rotatable bonds is 7. The van der Waals surface area contributed by atoms with E-state index in [1.807, 2.05) is 24.3 Å². The van der Waals surface area contributed by atoms with Crippen molar-refractivity contribution >= 4 is 18.0 Å². The van der Waals surface area contributed by atoms with E-state index in [0.29, 0.717) is 13.1 Å². The lowest BCUT2D eigenvalue weighted by Gasteiger charge is -2.23. The molecular formula is C26H28N2O5. The van der Waals surface area contributed by atoms with Crippen molar-refractivity contribution in [3.63, 3.8) is 0 Å². The van der Waals surface area contributed by atoms with E-state index in [1.165, 1.54) is 22.3 Å². The third-order valence-corrected chi connectivity index (χ3v) is 7.16. The third-order valence-electron chi connectivity index (χ3n) is 7.16. The number of nitrogens with one attached hydrogen (secondary N) is 1. The first-order chi connectivity index (χ1) is 16.0. The average Bonchev–Trinajstić information content (AvgIpc) is 3.33. The van der Waals surface area contributed by atoms with Gasteiger partial charge in [0.05, 0.1) is 6.42 Å². The molecule has 0 radical (unpaired) electrons. The summed E-state index contributed by atoms with van der Waals surface area (Å²) in [5.74, 6) is -0.876. The van der Waals surface area contributed by atoms with Crippen LogP contribution in [0.2, 0.25) is 0 Å². The molecule has 3 aliphatic rings. The summed E-state index contributed by atoms with van der Waals surface area (Å²) in [4.78, 5) is 37.9. The molecule has 0 spiro atoms. The van der Waals surface area contributed by atoms with E-state index in [-0.39, 0.29) is 42.7 Å². The SMILES string of the molecule is O=C(O)C[C@H]1CCCN1C(=O)C1CC1CNC(=O)OCC1c2ccccc2-c2ccccc21. The lowest BCUT2D eigenvalue weighted by atomic mass is 9.98. The predicted molar refractivity (Wildman–Crippen MR) is 122 cm³/mol. The van der Waals surface area contributed by atoms with Gasteiger partial charge in [0.1, 0.15) is 6.61 Å². The minimum absolute atomic E-state index is 0.00112. The molecule has 1 saturated heterocycles. The van der Waals surface area contributed by atoms with E-state index in [2.05, 4.69) is 29.6 Å². The molecule has 1 aliphatic heterocycles. The van der Waals surface area contributed by atoms with E-state index in [1.54, 1.807) is 4.90 Å². The summed E-state index contributed by atoms with van der Waals surface area (Å²) in [5, 5.41) is 11.9. The molecule has 2 aromatic carbocycles. The van der Waals surface area contributed by atoms with Gasteiger partial charge < -0.3 is 20.1 Å². The van der Waals surface area contributed by atoms with Crippen LogP contribution in [0.4, 0.5) is 4.79 Å². The predicted octanol–water partition coefficient (Wildman–Crippen LogP) is 3.63. The Hall–Kier alpha value is -3.35. The van der Waals surface area contributed by atoms with Crippen molar-refractivity contribution in [2.24, 2.45) is 11.8 Å². The topological polar surface area (TPSA) is 95.9 Å². The molecule has 7 heteroatoms. The number of alkyl carbamates (subject to hydrolysis) is 1. The molecule has 0 aromatic heterocycles. The van der Waals surface area contributed by atoms with Crippen molar-refractivity contribution in [2.75, 3.05) is 19.7 Å². The molecular weight excluding hydrogens is 420 g/mol. The Balaban J connectivity index is 1.11. The molecule has 7 nitrogen and oxygen atoms in total. The van der Waals surface area contributed by atoms with Crippen molar-refractivity contribution in [1.29, 1.82) is 0 Å². The fourth-order valence-corrected chi connectivity index (χ4v) is 5.39. The number of hydrogen-bond donors (Lipinski definition) is 2. The number of fused-ring (bicyclic) bond motifs is 3. The average molecular weight is 449 g/mol. The second kappa shape index (κ2) is 8.89. The normalized spacial score (nSPS) is 23.0. The summed E-state index contributed by atoms with van der Waals surface area (Å²) in [7, 11) is 0. The number of carbonyl (C=O) groups is 3. The van der Waals surface area contributed by atoms with Gasteiger partial charge in [0.25, 0.3) is 0 Å². The summed E-state index contributed by atoms with van der Waals surface area (Å²) < 4.78 is 5.56. The molecule has 172 valence electrons. The number of amides is 2. The zero-order chi connectivity index (χ0) is 22.9. The molecule has 1 heterocycles. The minimum atomic E-state index is -0.871. The molecule has 2 N–H and O–H groups in total. The van der Waals surface area contributed by atoms with Crippen LogP contribution in [-0.2, 0) is 14.3 Å². The van der Waals surface area contributed by atoms with Gasteiger partial charge in [0.2, 0.25) is 5.91 Å². The molecule has 2 aliphatic carbocycles. The van der Waals surface area contributed by atoms with Gasteiger partial charge in [-0.3, -0.25) is 9.59 Å². The van der Waals surface area contributed by atoms with Gasteiger partial charge in [-0.25, -0.2) is 4.79 Å². The van der Waals surface area contributed by atoms with E-state index in [4.69, 9.17) is 9.84 Å². The Morgan fingerprint density at radius 1 is 1.03 bits per heavy atom. The Labute approximate surface area is 192 Å². The van der Waals surface area contributed by atoms with Gasteiger partial charge in [0.15, 0.2) is 0 Å². The first-order valence-corrected chi connectivity index (χ1v) is 11.6. The second-order valence-electron chi connectivity index (χ2n) is 9.23. The zero-order valence-corrected chi connectivity index (χ0v) is 18.4. The summed E-state index contributed by atoms with van der Waals surface area (Å²) in [6, 6.07) is 16.2. The molecule has 2 unspecified atom stereocenters.